The number of imidazole rings is 1. The lowest BCUT2D eigenvalue weighted by atomic mass is 10.1. The molecule has 9 nitrogen and oxygen atoms in total. The van der Waals surface area contributed by atoms with Crippen LogP contribution in [0.1, 0.15) is 33.5 Å². The third-order valence-electron chi connectivity index (χ3n) is 7.98. The maximum atomic E-state index is 11.1. The first kappa shape index (κ1) is 30.5. The lowest BCUT2D eigenvalue weighted by Crippen LogP contribution is -2.20. The third kappa shape index (κ3) is 6.05. The third-order valence-corrected chi connectivity index (χ3v) is 8.40. The second kappa shape index (κ2) is 13.2. The molecule has 0 saturated heterocycles. The molecule has 1 aliphatic rings. The number of aryl methyl sites for hydroxylation is 2. The number of nitrogens with two attached hydrogens (primary N) is 1. The van der Waals surface area contributed by atoms with Crippen LogP contribution in [0.3, 0.4) is 0 Å². The lowest BCUT2D eigenvalue weighted by Gasteiger charge is -2.12. The Hall–Kier alpha value is -5.54. The van der Waals surface area contributed by atoms with Crippen molar-refractivity contribution in [3.05, 3.63) is 118 Å². The minimum absolute atomic E-state index is 0.0446. The average Bonchev–Trinajstić information content (AvgIpc) is 3.72. The molecular weight excluding hydrogens is 600 g/mol. The first-order valence-corrected chi connectivity index (χ1v) is 15.2. The Bertz CT molecular complexity index is 2080. The molecule has 46 heavy (non-hydrogen) atoms. The van der Waals surface area contributed by atoms with Crippen molar-refractivity contribution in [2.45, 2.75) is 25.7 Å². The van der Waals surface area contributed by atoms with Gasteiger partial charge in [0.15, 0.2) is 17.8 Å². The Morgan fingerprint density at radius 1 is 1.00 bits per heavy atom. The minimum Gasteiger partial charge on any atom is -0.506 e. The van der Waals surface area contributed by atoms with Gasteiger partial charge in [0.25, 0.3) is 0 Å². The van der Waals surface area contributed by atoms with Crippen molar-refractivity contribution in [1.29, 1.82) is 0 Å². The Balaban J connectivity index is 0.000000210. The molecule has 1 amide bonds. The zero-order valence-electron chi connectivity index (χ0n) is 25.1. The number of hydrogen-bond acceptors (Lipinski definition) is 7. The van der Waals surface area contributed by atoms with Gasteiger partial charge in [-0.2, -0.15) is 0 Å². The molecule has 1 aliphatic carbocycles. The molecule has 4 N–H and O–H groups in total. The van der Waals surface area contributed by atoms with Gasteiger partial charge in [-0.3, -0.25) is 14.2 Å². The van der Waals surface area contributed by atoms with Gasteiger partial charge in [0, 0.05) is 24.5 Å². The number of nitrogens with one attached hydrogen (secondary N) is 1. The van der Waals surface area contributed by atoms with E-state index in [1.165, 1.54) is 30.7 Å². The fourth-order valence-electron chi connectivity index (χ4n) is 5.57. The average molecular weight is 631 g/mol. The summed E-state index contributed by atoms with van der Waals surface area (Å²) in [6.45, 7) is 0. The molecule has 0 aliphatic heterocycles. The molecule has 6 aromatic rings. The number of phenolic OH excluding ortho intramolecular Hbond substituents is 1. The summed E-state index contributed by atoms with van der Waals surface area (Å²) in [6, 6.07) is 27.8. The van der Waals surface area contributed by atoms with Gasteiger partial charge < -0.3 is 16.2 Å². The van der Waals surface area contributed by atoms with Gasteiger partial charge in [-0.25, -0.2) is 15.0 Å². The maximum absolute atomic E-state index is 11.1. The number of likely N-dealkylation sites (N-methyl/N-ethyl adjacent to an activating group) is 1. The number of carbonyl (C=O) groups excluding carboxylic acids is 2. The van der Waals surface area contributed by atoms with Crippen molar-refractivity contribution >= 4 is 40.8 Å². The Labute approximate surface area is 270 Å². The number of anilines is 1. The van der Waals surface area contributed by atoms with Gasteiger partial charge in [0.05, 0.1) is 28.3 Å². The highest BCUT2D eigenvalue weighted by Gasteiger charge is 2.20. The van der Waals surface area contributed by atoms with Crippen LogP contribution in [0.2, 0.25) is 5.02 Å². The summed E-state index contributed by atoms with van der Waals surface area (Å²) in [4.78, 5) is 35.8. The fourth-order valence-corrected chi connectivity index (χ4v) is 5.81. The van der Waals surface area contributed by atoms with E-state index >= 15 is 0 Å². The predicted molar refractivity (Wildman–Crippen MR) is 180 cm³/mol. The standard InChI is InChI=1S/C26H21N5.C10H10ClNO3/c27-24-21(10-5-15-28-24)25-30-23-14-13-22(18-6-2-1-3-7-18)29-26(23)31(25)20-12-11-17-8-4-9-19(17)16-20;1-12-8(14)4-6-2-3-7(5-13)10(15)9(6)11/h1-3,5-7,10-16H,4,8-9H2,(H2,27,28);2-3,5,15H,4H2,1H3,(H,12,14). The number of hydrogen-bond donors (Lipinski definition) is 3. The summed E-state index contributed by atoms with van der Waals surface area (Å²) in [5.41, 5.74) is 15.2. The SMILES string of the molecule is CNC(=O)Cc1ccc(C=O)c(O)c1Cl.Nc1ncccc1-c1nc2ccc(-c3ccccc3)nc2n1-c1ccc2c(c1)CCC2. The lowest BCUT2D eigenvalue weighted by molar-refractivity contribution is -0.119. The van der Waals surface area contributed by atoms with Crippen LogP contribution in [-0.2, 0) is 24.1 Å². The second-order valence-electron chi connectivity index (χ2n) is 10.9. The number of amides is 1. The van der Waals surface area contributed by atoms with Gasteiger partial charge in [-0.1, -0.05) is 54.1 Å². The molecule has 0 unspecified atom stereocenters. The summed E-state index contributed by atoms with van der Waals surface area (Å²) in [6.07, 6.45) is 5.75. The zero-order chi connectivity index (χ0) is 32.2. The Morgan fingerprint density at radius 3 is 2.57 bits per heavy atom. The molecule has 3 aromatic carbocycles. The molecule has 10 heteroatoms. The Morgan fingerprint density at radius 2 is 1.80 bits per heavy atom. The van der Waals surface area contributed by atoms with Crippen molar-refractivity contribution in [2.24, 2.45) is 0 Å². The van der Waals surface area contributed by atoms with Crippen LogP contribution in [0.5, 0.6) is 5.75 Å². The summed E-state index contributed by atoms with van der Waals surface area (Å²) in [5.74, 6) is 0.725. The van der Waals surface area contributed by atoms with Gasteiger partial charge in [-0.15, -0.1) is 0 Å². The molecule has 7 rings (SSSR count). The number of aromatic nitrogens is 4. The van der Waals surface area contributed by atoms with Crippen LogP contribution in [0.15, 0.2) is 91.1 Å². The highest BCUT2D eigenvalue weighted by atomic mass is 35.5. The van der Waals surface area contributed by atoms with E-state index in [0.717, 1.165) is 52.3 Å². The van der Waals surface area contributed by atoms with Crippen LogP contribution < -0.4 is 11.1 Å². The van der Waals surface area contributed by atoms with E-state index in [2.05, 4.69) is 45.2 Å². The fraction of sp³-hybridized carbons (Fsp3) is 0.139. The smallest absolute Gasteiger partial charge is 0.224 e. The van der Waals surface area contributed by atoms with Crippen molar-refractivity contribution in [3.63, 3.8) is 0 Å². The number of carbonyl (C=O) groups is 2. The number of halogens is 1. The van der Waals surface area contributed by atoms with Crippen LogP contribution in [0.25, 0.3) is 39.5 Å². The molecule has 0 bridgehead atoms. The molecule has 230 valence electrons. The van der Waals surface area contributed by atoms with Crippen molar-refractivity contribution in [3.8, 4) is 34.1 Å². The van der Waals surface area contributed by atoms with E-state index in [-0.39, 0.29) is 28.7 Å². The quantitative estimate of drug-likeness (QED) is 0.182. The molecular formula is C36H31ClN6O3. The summed E-state index contributed by atoms with van der Waals surface area (Å²) >= 11 is 5.79. The second-order valence-corrected chi connectivity index (χ2v) is 11.2. The van der Waals surface area contributed by atoms with Crippen molar-refractivity contribution in [1.82, 2.24) is 24.8 Å². The van der Waals surface area contributed by atoms with Crippen LogP contribution in [0.4, 0.5) is 5.82 Å². The van der Waals surface area contributed by atoms with Gasteiger partial charge in [-0.05, 0) is 78.4 Å². The van der Waals surface area contributed by atoms with Crippen LogP contribution >= 0.6 is 11.6 Å². The number of benzene rings is 3. The predicted octanol–water partition coefficient (Wildman–Crippen LogP) is 6.37. The minimum atomic E-state index is -0.284. The number of pyridine rings is 2. The largest absolute Gasteiger partial charge is 0.506 e. The molecule has 0 atom stereocenters. The van der Waals surface area contributed by atoms with E-state index in [1.54, 1.807) is 12.3 Å². The van der Waals surface area contributed by atoms with Gasteiger partial charge in [0.1, 0.15) is 17.1 Å². The first-order valence-electron chi connectivity index (χ1n) is 14.8. The highest BCUT2D eigenvalue weighted by Crippen LogP contribution is 2.34. The van der Waals surface area contributed by atoms with Crippen molar-refractivity contribution in [2.75, 3.05) is 12.8 Å². The highest BCUT2D eigenvalue weighted by molar-refractivity contribution is 6.33. The Kier molecular flexibility index (Phi) is 8.76. The number of nitrogens with zero attached hydrogens (tertiary/aromatic N) is 4. The summed E-state index contributed by atoms with van der Waals surface area (Å²) < 4.78 is 2.12. The van der Waals surface area contributed by atoms with Crippen LogP contribution in [-0.4, -0.2) is 43.9 Å². The topological polar surface area (TPSA) is 136 Å². The monoisotopic (exact) mass is 630 g/mol. The zero-order valence-corrected chi connectivity index (χ0v) is 25.8. The van der Waals surface area contributed by atoms with E-state index in [4.69, 9.17) is 27.3 Å². The maximum Gasteiger partial charge on any atom is 0.224 e. The number of rotatable bonds is 6. The number of nitrogen functional groups attached to an aromatic ring is 1. The molecule has 0 saturated carbocycles. The van der Waals surface area contributed by atoms with E-state index in [9.17, 15) is 14.7 Å². The molecule has 0 spiro atoms. The summed E-state index contributed by atoms with van der Waals surface area (Å²) in [5, 5.41) is 12.0. The molecule has 0 fully saturated rings. The number of aromatic hydroxyl groups is 1. The number of phenols is 1. The van der Waals surface area contributed by atoms with Gasteiger partial charge in [0.2, 0.25) is 5.91 Å². The first-order chi connectivity index (χ1) is 22.4. The summed E-state index contributed by atoms with van der Waals surface area (Å²) in [7, 11) is 1.51. The van der Waals surface area contributed by atoms with Crippen molar-refractivity contribution < 1.29 is 14.7 Å². The molecule has 3 aromatic heterocycles. The van der Waals surface area contributed by atoms with E-state index in [1.807, 2.05) is 42.5 Å². The van der Waals surface area contributed by atoms with E-state index in [0.29, 0.717) is 17.7 Å². The van der Waals surface area contributed by atoms with Gasteiger partial charge >= 0.3 is 0 Å². The molecule has 0 radical (unpaired) electrons. The van der Waals surface area contributed by atoms with E-state index < -0.39 is 0 Å². The normalized spacial score (nSPS) is 11.9. The number of aldehydes is 1. The molecule has 3 heterocycles. The number of fused-ring (bicyclic) bond motifs is 2. The van der Waals surface area contributed by atoms with Crippen LogP contribution in [0, 0.1) is 0 Å².